The van der Waals surface area contributed by atoms with Gasteiger partial charge in [0.25, 0.3) is 5.91 Å². The van der Waals surface area contributed by atoms with E-state index in [-0.39, 0.29) is 17.9 Å². The number of carbonyl (C=O) groups is 2. The highest BCUT2D eigenvalue weighted by molar-refractivity contribution is 7.85. The van der Waals surface area contributed by atoms with Crippen LogP contribution in [0.15, 0.2) is 17.0 Å². The van der Waals surface area contributed by atoms with Gasteiger partial charge in [-0.05, 0) is 55.9 Å². The van der Waals surface area contributed by atoms with E-state index in [9.17, 15) is 13.8 Å². The van der Waals surface area contributed by atoms with E-state index in [1.807, 2.05) is 30.9 Å². The maximum absolute atomic E-state index is 13.2. The van der Waals surface area contributed by atoms with Crippen LogP contribution >= 0.6 is 11.3 Å². The lowest BCUT2D eigenvalue weighted by Crippen LogP contribution is -2.34. The molecule has 2 aliphatic rings. The molecule has 1 saturated carbocycles. The Morgan fingerprint density at radius 3 is 2.76 bits per heavy atom. The summed E-state index contributed by atoms with van der Waals surface area (Å²) in [5, 5.41) is 3.28. The van der Waals surface area contributed by atoms with Crippen molar-refractivity contribution in [2.75, 3.05) is 11.1 Å². The van der Waals surface area contributed by atoms with Crippen LogP contribution in [0, 0.1) is 12.8 Å². The van der Waals surface area contributed by atoms with Crippen LogP contribution in [-0.2, 0) is 22.1 Å². The summed E-state index contributed by atoms with van der Waals surface area (Å²) in [4.78, 5) is 32.5. The highest BCUT2D eigenvalue weighted by Crippen LogP contribution is 2.42. The molecule has 2 heterocycles. The predicted molar refractivity (Wildman–Crippen MR) is 116 cm³/mol. The van der Waals surface area contributed by atoms with Crippen molar-refractivity contribution in [3.8, 4) is 10.4 Å². The lowest BCUT2D eigenvalue weighted by atomic mass is 10.0. The summed E-state index contributed by atoms with van der Waals surface area (Å²) in [5.74, 6) is 0.877. The van der Waals surface area contributed by atoms with Crippen LogP contribution in [0.1, 0.15) is 55.2 Å². The van der Waals surface area contributed by atoms with Gasteiger partial charge in [0, 0.05) is 25.3 Å². The molecule has 0 radical (unpaired) electrons. The Kier molecular flexibility index (Phi) is 5.33. The Balaban J connectivity index is 1.78. The number of fused-ring (bicyclic) bond motifs is 1. The third-order valence-electron chi connectivity index (χ3n) is 5.64. The fourth-order valence-corrected chi connectivity index (χ4v) is 5.95. The van der Waals surface area contributed by atoms with Crippen molar-refractivity contribution in [1.82, 2.24) is 9.88 Å². The first-order chi connectivity index (χ1) is 13.8. The Bertz CT molecular complexity index is 1030. The van der Waals surface area contributed by atoms with Crippen LogP contribution in [0.25, 0.3) is 10.4 Å². The van der Waals surface area contributed by atoms with Crippen molar-refractivity contribution in [2.45, 2.75) is 58.0 Å². The van der Waals surface area contributed by atoms with E-state index in [0.29, 0.717) is 33.8 Å². The van der Waals surface area contributed by atoms with Gasteiger partial charge in [0.2, 0.25) is 5.91 Å². The molecule has 1 aliphatic heterocycles. The lowest BCUT2D eigenvalue weighted by molar-refractivity contribution is -0.114. The van der Waals surface area contributed by atoms with E-state index in [1.54, 1.807) is 0 Å². The summed E-state index contributed by atoms with van der Waals surface area (Å²) in [6, 6.07) is 4.11. The van der Waals surface area contributed by atoms with Gasteiger partial charge in [0.15, 0.2) is 5.13 Å². The van der Waals surface area contributed by atoms with Crippen molar-refractivity contribution >= 4 is 39.1 Å². The van der Waals surface area contributed by atoms with Crippen LogP contribution in [-0.4, -0.2) is 37.7 Å². The molecule has 1 aromatic heterocycles. The Labute approximate surface area is 177 Å². The van der Waals surface area contributed by atoms with Crippen molar-refractivity contribution in [3.05, 3.63) is 29.0 Å². The van der Waals surface area contributed by atoms with Crippen molar-refractivity contribution in [3.63, 3.8) is 0 Å². The molecule has 6 nitrogen and oxygen atoms in total. The molecule has 1 N–H and O–H groups in total. The minimum absolute atomic E-state index is 0.00251. The predicted octanol–water partition coefficient (Wildman–Crippen LogP) is 3.96. The number of thiazole rings is 1. The molecule has 2 amide bonds. The number of anilines is 1. The fourth-order valence-electron chi connectivity index (χ4n) is 3.94. The van der Waals surface area contributed by atoms with Gasteiger partial charge in [-0.3, -0.25) is 13.8 Å². The summed E-state index contributed by atoms with van der Waals surface area (Å²) in [6.07, 6.45) is 2.35. The summed E-state index contributed by atoms with van der Waals surface area (Å²) < 4.78 is 12.8. The number of carbonyl (C=O) groups excluding carboxylic acids is 2. The number of amides is 2. The largest absolute Gasteiger partial charge is 0.331 e. The van der Waals surface area contributed by atoms with Gasteiger partial charge in [-0.1, -0.05) is 18.3 Å². The van der Waals surface area contributed by atoms with Gasteiger partial charge in [-0.2, -0.15) is 0 Å². The van der Waals surface area contributed by atoms with Crippen LogP contribution in [0.3, 0.4) is 0 Å². The second-order valence-electron chi connectivity index (χ2n) is 7.77. The minimum atomic E-state index is -1.24. The van der Waals surface area contributed by atoms with E-state index in [2.05, 4.69) is 17.2 Å². The second kappa shape index (κ2) is 7.65. The smallest absolute Gasteiger partial charge is 0.255 e. The third-order valence-corrected chi connectivity index (χ3v) is 8.10. The zero-order valence-electron chi connectivity index (χ0n) is 17.1. The molecule has 0 saturated heterocycles. The van der Waals surface area contributed by atoms with Crippen LogP contribution in [0.2, 0.25) is 0 Å². The standard InChI is InChI=1S/C21H25N3O3S2/c1-5-29(27)17-9-15(19-11(2)22-21(28-19)23-13(4)25)8-16-10-24(20(26)18(16)17)12(3)14-6-7-14/h8-9,12,14H,5-7,10H2,1-4H3,(H,22,23,25)/t12-,29?/m0/s1. The number of nitrogens with zero attached hydrogens (tertiary/aromatic N) is 2. The SMILES string of the molecule is CCS(=O)c1cc(-c2sc(NC(C)=O)nc2C)cc2c1C(=O)N([C@@H](C)C1CC1)C2. The quantitative estimate of drug-likeness (QED) is 0.751. The van der Waals surface area contributed by atoms with Gasteiger partial charge >= 0.3 is 0 Å². The van der Waals surface area contributed by atoms with Crippen LogP contribution < -0.4 is 5.32 Å². The van der Waals surface area contributed by atoms with Crippen LogP contribution in [0.4, 0.5) is 5.13 Å². The zero-order chi connectivity index (χ0) is 20.9. The number of hydrogen-bond donors (Lipinski definition) is 1. The maximum Gasteiger partial charge on any atom is 0.255 e. The molecule has 0 bridgehead atoms. The first-order valence-corrected chi connectivity index (χ1v) is 12.0. The molecular weight excluding hydrogens is 406 g/mol. The monoisotopic (exact) mass is 431 g/mol. The lowest BCUT2D eigenvalue weighted by Gasteiger charge is -2.24. The first-order valence-electron chi connectivity index (χ1n) is 9.91. The molecule has 2 aromatic rings. The van der Waals surface area contributed by atoms with E-state index in [1.165, 1.54) is 31.1 Å². The fraction of sp³-hybridized carbons (Fsp3) is 0.476. The number of nitrogens with one attached hydrogen (secondary N) is 1. The van der Waals surface area contributed by atoms with Gasteiger partial charge in [0.05, 0.1) is 31.8 Å². The van der Waals surface area contributed by atoms with E-state index in [0.717, 1.165) is 21.7 Å². The number of benzene rings is 1. The number of aromatic nitrogens is 1. The number of hydrogen-bond acceptors (Lipinski definition) is 5. The Morgan fingerprint density at radius 1 is 1.41 bits per heavy atom. The maximum atomic E-state index is 13.2. The second-order valence-corrected chi connectivity index (χ2v) is 10.5. The summed E-state index contributed by atoms with van der Waals surface area (Å²) >= 11 is 1.40. The van der Waals surface area contributed by atoms with Crippen molar-refractivity contribution in [2.24, 2.45) is 5.92 Å². The average molecular weight is 432 g/mol. The first kappa shape index (κ1) is 20.2. The molecule has 8 heteroatoms. The average Bonchev–Trinajstić information content (AvgIpc) is 3.39. The zero-order valence-corrected chi connectivity index (χ0v) is 18.7. The number of aryl methyl sites for hydroxylation is 1. The highest BCUT2D eigenvalue weighted by Gasteiger charge is 2.40. The molecule has 1 aromatic carbocycles. The van der Waals surface area contributed by atoms with E-state index in [4.69, 9.17) is 0 Å². The van der Waals surface area contributed by atoms with Gasteiger partial charge in [-0.15, -0.1) is 0 Å². The van der Waals surface area contributed by atoms with Crippen molar-refractivity contribution < 1.29 is 13.8 Å². The topological polar surface area (TPSA) is 79.4 Å². The molecule has 1 unspecified atom stereocenters. The normalized spacial score (nSPS) is 17.9. The number of rotatable bonds is 6. The van der Waals surface area contributed by atoms with Crippen molar-refractivity contribution in [1.29, 1.82) is 0 Å². The molecule has 2 atom stereocenters. The highest BCUT2D eigenvalue weighted by atomic mass is 32.2. The van der Waals surface area contributed by atoms with Crippen LogP contribution in [0.5, 0.6) is 0 Å². The summed E-state index contributed by atoms with van der Waals surface area (Å²) in [5.41, 5.74) is 3.26. The van der Waals surface area contributed by atoms with E-state index < -0.39 is 10.8 Å². The third kappa shape index (κ3) is 3.75. The molecule has 154 valence electrons. The van der Waals surface area contributed by atoms with Gasteiger partial charge in [0.1, 0.15) is 0 Å². The molecule has 1 aliphatic carbocycles. The summed E-state index contributed by atoms with van der Waals surface area (Å²) in [6.45, 7) is 7.89. The molecular formula is C21H25N3O3S2. The Morgan fingerprint density at radius 2 is 2.14 bits per heavy atom. The molecule has 29 heavy (non-hydrogen) atoms. The molecule has 0 spiro atoms. The summed E-state index contributed by atoms with van der Waals surface area (Å²) in [7, 11) is -1.24. The minimum Gasteiger partial charge on any atom is -0.331 e. The molecule has 1 fully saturated rings. The Hall–Kier alpha value is -2.06. The van der Waals surface area contributed by atoms with Gasteiger partial charge in [-0.25, -0.2) is 4.98 Å². The molecule has 4 rings (SSSR count). The van der Waals surface area contributed by atoms with Gasteiger partial charge < -0.3 is 10.2 Å². The van der Waals surface area contributed by atoms with E-state index >= 15 is 0 Å².